The number of para-hydroxylation sites is 1. The molecule has 2 aromatic rings. The van der Waals surface area contributed by atoms with Gasteiger partial charge in [0.15, 0.2) is 0 Å². The van der Waals surface area contributed by atoms with Crippen LogP contribution in [0.15, 0.2) is 72.1 Å². The largest absolute Gasteiger partial charge is 0.507 e. The Kier molecular flexibility index (Phi) is 5.46. The zero-order valence-electron chi connectivity index (χ0n) is 13.1. The highest BCUT2D eigenvalue weighted by atomic mass is 16.3. The summed E-state index contributed by atoms with van der Waals surface area (Å²) in [5.41, 5.74) is 18.7. The van der Waals surface area contributed by atoms with E-state index in [1.165, 1.54) is 12.1 Å². The molecule has 124 valence electrons. The molecule has 0 fully saturated rings. The second-order valence-electron chi connectivity index (χ2n) is 5.15. The van der Waals surface area contributed by atoms with E-state index >= 15 is 0 Å². The molecule has 8 N–H and O–H groups in total. The molecule has 0 aliphatic rings. The number of rotatable bonds is 5. The average molecular weight is 324 g/mol. The Labute approximate surface area is 140 Å². The molecule has 6 heteroatoms. The number of carbonyl (C=O) groups is 1. The van der Waals surface area contributed by atoms with Gasteiger partial charge in [-0.2, -0.15) is 0 Å². The van der Waals surface area contributed by atoms with Crippen molar-refractivity contribution in [3.8, 4) is 5.75 Å². The van der Waals surface area contributed by atoms with Crippen molar-refractivity contribution in [1.82, 2.24) is 5.32 Å². The molecule has 2 aromatic carbocycles. The second-order valence-corrected chi connectivity index (χ2v) is 5.15. The van der Waals surface area contributed by atoms with Crippen molar-refractivity contribution < 1.29 is 9.90 Å². The topological polar surface area (TPSA) is 127 Å². The highest BCUT2D eigenvalue weighted by Gasteiger charge is 2.12. The number of carbonyl (C=O) groups excluding carboxylic acids is 1. The third kappa shape index (κ3) is 4.30. The van der Waals surface area contributed by atoms with Crippen molar-refractivity contribution in [2.45, 2.75) is 6.54 Å². The van der Waals surface area contributed by atoms with Crippen LogP contribution in [0.3, 0.4) is 0 Å². The lowest BCUT2D eigenvalue weighted by Crippen LogP contribution is -2.28. The molecule has 0 spiro atoms. The summed E-state index contributed by atoms with van der Waals surface area (Å²) in [6, 6.07) is 16.0. The summed E-state index contributed by atoms with van der Waals surface area (Å²) < 4.78 is 0. The first kappa shape index (κ1) is 17.0. The third-order valence-electron chi connectivity index (χ3n) is 3.37. The lowest BCUT2D eigenvalue weighted by molar-refractivity contribution is -0.117. The lowest BCUT2D eigenvalue weighted by atomic mass is 10.1. The Morgan fingerprint density at radius 3 is 2.25 bits per heavy atom. The van der Waals surface area contributed by atoms with E-state index in [0.29, 0.717) is 12.1 Å². The van der Waals surface area contributed by atoms with Gasteiger partial charge in [-0.05, 0) is 23.8 Å². The third-order valence-corrected chi connectivity index (χ3v) is 3.37. The van der Waals surface area contributed by atoms with Crippen molar-refractivity contribution in [2.24, 2.45) is 17.2 Å². The van der Waals surface area contributed by atoms with E-state index < -0.39 is 5.91 Å². The number of amides is 1. The SMILES string of the molecule is NC(N)=C(/C=C(\N)c1ccccc1O)C(=O)NCc1ccccc1. The zero-order chi connectivity index (χ0) is 17.5. The van der Waals surface area contributed by atoms with Crippen LogP contribution in [0, 0.1) is 0 Å². The maximum absolute atomic E-state index is 12.3. The summed E-state index contributed by atoms with van der Waals surface area (Å²) in [7, 11) is 0. The molecule has 0 heterocycles. The Balaban J connectivity index is 2.18. The van der Waals surface area contributed by atoms with Crippen molar-refractivity contribution >= 4 is 11.6 Å². The molecule has 0 bridgehead atoms. The molecule has 0 saturated carbocycles. The monoisotopic (exact) mass is 324 g/mol. The van der Waals surface area contributed by atoms with Crippen molar-refractivity contribution in [1.29, 1.82) is 0 Å². The van der Waals surface area contributed by atoms with Gasteiger partial charge < -0.3 is 27.6 Å². The van der Waals surface area contributed by atoms with Crippen LogP contribution in [-0.4, -0.2) is 11.0 Å². The Bertz CT molecular complexity index is 779. The summed E-state index contributed by atoms with van der Waals surface area (Å²) in [5, 5.41) is 12.6. The first-order valence-electron chi connectivity index (χ1n) is 7.32. The van der Waals surface area contributed by atoms with E-state index in [0.717, 1.165) is 5.56 Å². The fourth-order valence-corrected chi connectivity index (χ4v) is 2.10. The minimum Gasteiger partial charge on any atom is -0.507 e. The number of phenolic OH excluding ortho intramolecular Hbond substituents is 1. The number of nitrogens with two attached hydrogens (primary N) is 3. The van der Waals surface area contributed by atoms with Crippen LogP contribution in [0.2, 0.25) is 0 Å². The van der Waals surface area contributed by atoms with E-state index in [1.54, 1.807) is 18.2 Å². The van der Waals surface area contributed by atoms with Crippen molar-refractivity contribution in [2.75, 3.05) is 0 Å². The number of nitrogens with one attached hydrogen (secondary N) is 1. The van der Waals surface area contributed by atoms with Crippen LogP contribution >= 0.6 is 0 Å². The Morgan fingerprint density at radius 2 is 1.62 bits per heavy atom. The zero-order valence-corrected chi connectivity index (χ0v) is 13.1. The molecule has 0 saturated heterocycles. The molecule has 0 atom stereocenters. The summed E-state index contributed by atoms with van der Waals surface area (Å²) in [4.78, 5) is 12.3. The molecule has 0 radical (unpaired) electrons. The number of aromatic hydroxyl groups is 1. The van der Waals surface area contributed by atoms with Crippen LogP contribution in [0.5, 0.6) is 5.75 Å². The molecule has 24 heavy (non-hydrogen) atoms. The van der Waals surface area contributed by atoms with Crippen LogP contribution < -0.4 is 22.5 Å². The summed E-state index contributed by atoms with van der Waals surface area (Å²) in [6.07, 6.45) is 1.35. The van der Waals surface area contributed by atoms with E-state index in [1.807, 2.05) is 30.3 Å². The molecule has 2 rings (SSSR count). The van der Waals surface area contributed by atoms with Crippen molar-refractivity contribution in [3.63, 3.8) is 0 Å². The molecule has 6 nitrogen and oxygen atoms in total. The van der Waals surface area contributed by atoms with Gasteiger partial charge in [0.1, 0.15) is 11.6 Å². The molecule has 0 aliphatic heterocycles. The fourth-order valence-electron chi connectivity index (χ4n) is 2.10. The minimum absolute atomic E-state index is 0.00545. The smallest absolute Gasteiger partial charge is 0.255 e. The maximum Gasteiger partial charge on any atom is 0.255 e. The average Bonchev–Trinajstić information content (AvgIpc) is 2.58. The summed E-state index contributed by atoms with van der Waals surface area (Å²) in [6.45, 7) is 0.334. The summed E-state index contributed by atoms with van der Waals surface area (Å²) in [5.74, 6) is -0.595. The normalized spacial score (nSPS) is 10.9. The highest BCUT2D eigenvalue weighted by Crippen LogP contribution is 2.22. The van der Waals surface area contributed by atoms with Gasteiger partial charge in [-0.1, -0.05) is 42.5 Å². The highest BCUT2D eigenvalue weighted by molar-refractivity contribution is 5.98. The Morgan fingerprint density at radius 1 is 1.00 bits per heavy atom. The molecule has 0 unspecified atom stereocenters. The van der Waals surface area contributed by atoms with Gasteiger partial charge in [0.25, 0.3) is 5.91 Å². The van der Waals surface area contributed by atoms with Gasteiger partial charge in [0, 0.05) is 17.8 Å². The van der Waals surface area contributed by atoms with E-state index in [4.69, 9.17) is 17.2 Å². The first-order chi connectivity index (χ1) is 11.5. The minimum atomic E-state index is -0.447. The van der Waals surface area contributed by atoms with Gasteiger partial charge in [-0.15, -0.1) is 0 Å². The van der Waals surface area contributed by atoms with Crippen molar-refractivity contribution in [3.05, 3.63) is 83.2 Å². The first-order valence-corrected chi connectivity index (χ1v) is 7.32. The molecular formula is C18H20N4O2. The Hall–Kier alpha value is -3.41. The van der Waals surface area contributed by atoms with Gasteiger partial charge in [-0.3, -0.25) is 4.79 Å². The second kappa shape index (κ2) is 7.73. The van der Waals surface area contributed by atoms with E-state index in [9.17, 15) is 9.90 Å². The predicted molar refractivity (Wildman–Crippen MR) is 94.0 cm³/mol. The number of phenols is 1. The maximum atomic E-state index is 12.3. The molecular weight excluding hydrogens is 304 g/mol. The van der Waals surface area contributed by atoms with Crippen LogP contribution in [0.4, 0.5) is 0 Å². The van der Waals surface area contributed by atoms with Gasteiger partial charge in [-0.25, -0.2) is 0 Å². The predicted octanol–water partition coefficient (Wildman–Crippen LogP) is 1.14. The standard InChI is InChI=1S/C18H20N4O2/c19-15(13-8-4-5-9-16(13)23)10-14(17(20)21)18(24)22-11-12-6-2-1-3-7-12/h1-10,23H,11,19-21H2,(H,22,24)/b15-10-. The van der Waals surface area contributed by atoms with Crippen LogP contribution in [0.1, 0.15) is 11.1 Å². The van der Waals surface area contributed by atoms with Crippen LogP contribution in [0.25, 0.3) is 5.70 Å². The number of hydrogen-bond acceptors (Lipinski definition) is 5. The molecule has 1 amide bonds. The van der Waals surface area contributed by atoms with Gasteiger partial charge in [0.05, 0.1) is 5.57 Å². The molecule has 0 aromatic heterocycles. The summed E-state index contributed by atoms with van der Waals surface area (Å²) >= 11 is 0. The molecule has 0 aliphatic carbocycles. The number of hydrogen-bond donors (Lipinski definition) is 5. The lowest BCUT2D eigenvalue weighted by Gasteiger charge is -2.10. The fraction of sp³-hybridized carbons (Fsp3) is 0.0556. The van der Waals surface area contributed by atoms with Gasteiger partial charge in [0.2, 0.25) is 0 Å². The van der Waals surface area contributed by atoms with Gasteiger partial charge >= 0.3 is 0 Å². The quantitative estimate of drug-likeness (QED) is 0.416. The van der Waals surface area contributed by atoms with E-state index in [2.05, 4.69) is 5.32 Å². The van der Waals surface area contributed by atoms with E-state index in [-0.39, 0.29) is 22.8 Å². The number of benzene rings is 2. The van der Waals surface area contributed by atoms with Crippen LogP contribution in [-0.2, 0) is 11.3 Å².